The molecule has 0 aliphatic carbocycles. The molecule has 2 aliphatic heterocycles. The molecule has 0 aromatic rings. The number of fused-ring (bicyclic) bond motifs is 2. The predicted molar refractivity (Wildman–Crippen MR) is 49.1 cm³/mol. The molecule has 68 valence electrons. The lowest BCUT2D eigenvalue weighted by atomic mass is 9.90. The molecule has 0 spiro atoms. The number of ether oxygens (including phenoxy) is 1. The van der Waals surface area contributed by atoms with Crippen molar-refractivity contribution >= 4 is 0 Å². The van der Waals surface area contributed by atoms with E-state index in [2.05, 4.69) is 25.2 Å². The van der Waals surface area contributed by atoms with Crippen LogP contribution in [0.25, 0.3) is 0 Å². The quantitative estimate of drug-likeness (QED) is 0.595. The SMILES string of the molecule is CC(C)C1=CC2COCC(C1)N2. The van der Waals surface area contributed by atoms with Crippen molar-refractivity contribution in [3.05, 3.63) is 11.6 Å². The van der Waals surface area contributed by atoms with Gasteiger partial charge in [-0.25, -0.2) is 0 Å². The lowest BCUT2D eigenvalue weighted by molar-refractivity contribution is 0.0519. The van der Waals surface area contributed by atoms with E-state index in [1.807, 2.05) is 0 Å². The number of hydrogen-bond acceptors (Lipinski definition) is 2. The molecular weight excluding hydrogens is 150 g/mol. The lowest BCUT2D eigenvalue weighted by Crippen LogP contribution is -2.50. The first-order valence-electron chi connectivity index (χ1n) is 4.80. The highest BCUT2D eigenvalue weighted by atomic mass is 16.5. The van der Waals surface area contributed by atoms with Gasteiger partial charge in [0.25, 0.3) is 0 Å². The minimum Gasteiger partial charge on any atom is -0.378 e. The van der Waals surface area contributed by atoms with Crippen molar-refractivity contribution in [2.75, 3.05) is 13.2 Å². The van der Waals surface area contributed by atoms with E-state index < -0.39 is 0 Å². The Balaban J connectivity index is 2.11. The molecule has 2 aliphatic rings. The number of morpholine rings is 1. The first-order chi connectivity index (χ1) is 5.75. The van der Waals surface area contributed by atoms with Crippen molar-refractivity contribution in [1.82, 2.24) is 5.32 Å². The maximum absolute atomic E-state index is 5.46. The number of nitrogens with one attached hydrogen (secondary N) is 1. The van der Waals surface area contributed by atoms with Crippen molar-refractivity contribution in [3.63, 3.8) is 0 Å². The summed E-state index contributed by atoms with van der Waals surface area (Å²) in [6.45, 7) is 6.29. The van der Waals surface area contributed by atoms with Crippen LogP contribution in [0.15, 0.2) is 11.6 Å². The molecule has 1 saturated heterocycles. The monoisotopic (exact) mass is 167 g/mol. The molecule has 2 unspecified atom stereocenters. The van der Waals surface area contributed by atoms with Crippen LogP contribution in [0, 0.1) is 5.92 Å². The fraction of sp³-hybridized carbons (Fsp3) is 0.800. The summed E-state index contributed by atoms with van der Waals surface area (Å²) in [5, 5.41) is 3.54. The summed E-state index contributed by atoms with van der Waals surface area (Å²) in [6.07, 6.45) is 3.52. The third-order valence-corrected chi connectivity index (χ3v) is 2.71. The summed E-state index contributed by atoms with van der Waals surface area (Å²) in [5.74, 6) is 0.704. The van der Waals surface area contributed by atoms with E-state index in [4.69, 9.17) is 4.74 Å². The first-order valence-corrected chi connectivity index (χ1v) is 4.80. The van der Waals surface area contributed by atoms with Crippen LogP contribution >= 0.6 is 0 Å². The highest BCUT2D eigenvalue weighted by Crippen LogP contribution is 2.23. The van der Waals surface area contributed by atoms with Gasteiger partial charge in [-0.3, -0.25) is 0 Å². The van der Waals surface area contributed by atoms with Crippen LogP contribution in [0.4, 0.5) is 0 Å². The average Bonchev–Trinajstić information content (AvgIpc) is 2.03. The Bertz CT molecular complexity index is 198. The highest BCUT2D eigenvalue weighted by molar-refractivity contribution is 5.16. The van der Waals surface area contributed by atoms with Gasteiger partial charge in [0.1, 0.15) is 0 Å². The molecule has 2 atom stereocenters. The summed E-state index contributed by atoms with van der Waals surface area (Å²) in [6, 6.07) is 1.06. The van der Waals surface area contributed by atoms with Gasteiger partial charge in [-0.1, -0.05) is 25.5 Å². The third-order valence-electron chi connectivity index (χ3n) is 2.71. The predicted octanol–water partition coefficient (Wildman–Crippen LogP) is 1.33. The van der Waals surface area contributed by atoms with Gasteiger partial charge in [0, 0.05) is 12.1 Å². The second-order valence-electron chi connectivity index (χ2n) is 4.11. The lowest BCUT2D eigenvalue weighted by Gasteiger charge is -2.36. The Hall–Kier alpha value is -0.340. The van der Waals surface area contributed by atoms with Crippen LogP contribution in [0.3, 0.4) is 0 Å². The van der Waals surface area contributed by atoms with Crippen LogP contribution < -0.4 is 5.32 Å². The normalized spacial score (nSPS) is 35.1. The summed E-state index contributed by atoms with van der Waals surface area (Å²) in [4.78, 5) is 0. The summed E-state index contributed by atoms with van der Waals surface area (Å²) < 4.78 is 5.46. The zero-order valence-electron chi connectivity index (χ0n) is 7.84. The van der Waals surface area contributed by atoms with Crippen molar-refractivity contribution < 1.29 is 4.74 Å². The van der Waals surface area contributed by atoms with Gasteiger partial charge in [-0.05, 0) is 12.3 Å². The van der Waals surface area contributed by atoms with E-state index >= 15 is 0 Å². The molecule has 1 N–H and O–H groups in total. The van der Waals surface area contributed by atoms with Gasteiger partial charge < -0.3 is 10.1 Å². The molecule has 2 bridgehead atoms. The summed E-state index contributed by atoms with van der Waals surface area (Å²) >= 11 is 0. The molecule has 0 aromatic carbocycles. The molecular formula is C10H17NO. The van der Waals surface area contributed by atoms with E-state index in [1.165, 1.54) is 6.42 Å². The van der Waals surface area contributed by atoms with Gasteiger partial charge >= 0.3 is 0 Å². The Morgan fingerprint density at radius 3 is 3.00 bits per heavy atom. The molecule has 0 radical (unpaired) electrons. The van der Waals surface area contributed by atoms with E-state index in [0.29, 0.717) is 18.0 Å². The fourth-order valence-corrected chi connectivity index (χ4v) is 1.99. The zero-order chi connectivity index (χ0) is 8.55. The molecule has 1 fully saturated rings. The Morgan fingerprint density at radius 2 is 2.33 bits per heavy atom. The van der Waals surface area contributed by atoms with Gasteiger partial charge in [-0.2, -0.15) is 0 Å². The van der Waals surface area contributed by atoms with Crippen molar-refractivity contribution in [1.29, 1.82) is 0 Å². The molecule has 2 rings (SSSR count). The van der Waals surface area contributed by atoms with E-state index in [1.54, 1.807) is 5.57 Å². The van der Waals surface area contributed by atoms with E-state index in [0.717, 1.165) is 13.2 Å². The van der Waals surface area contributed by atoms with Gasteiger partial charge in [0.15, 0.2) is 0 Å². The Morgan fingerprint density at radius 1 is 1.50 bits per heavy atom. The minimum atomic E-state index is 0.481. The smallest absolute Gasteiger partial charge is 0.0656 e. The molecule has 0 amide bonds. The molecule has 2 heteroatoms. The molecule has 12 heavy (non-hydrogen) atoms. The van der Waals surface area contributed by atoms with Gasteiger partial charge in [0.2, 0.25) is 0 Å². The molecule has 2 heterocycles. The van der Waals surface area contributed by atoms with Crippen molar-refractivity contribution in [2.45, 2.75) is 32.4 Å². The van der Waals surface area contributed by atoms with Crippen LogP contribution in [0.1, 0.15) is 20.3 Å². The first kappa shape index (κ1) is 8.27. The minimum absolute atomic E-state index is 0.481. The maximum atomic E-state index is 5.46. The average molecular weight is 167 g/mol. The standard InChI is InChI=1S/C10H17NO/c1-7(2)8-3-9-5-12-6-10(4-8)11-9/h3,7,9-11H,4-6H2,1-2H3. The molecule has 0 aromatic heterocycles. The molecule has 2 nitrogen and oxygen atoms in total. The second-order valence-corrected chi connectivity index (χ2v) is 4.11. The summed E-state index contributed by atoms with van der Waals surface area (Å²) in [7, 11) is 0. The van der Waals surface area contributed by atoms with Crippen LogP contribution in [-0.2, 0) is 4.74 Å². The van der Waals surface area contributed by atoms with Gasteiger partial charge in [-0.15, -0.1) is 0 Å². The highest BCUT2D eigenvalue weighted by Gasteiger charge is 2.26. The van der Waals surface area contributed by atoms with Crippen LogP contribution in [0.5, 0.6) is 0 Å². The third kappa shape index (κ3) is 1.54. The van der Waals surface area contributed by atoms with E-state index in [9.17, 15) is 0 Å². The van der Waals surface area contributed by atoms with E-state index in [-0.39, 0.29) is 0 Å². The maximum Gasteiger partial charge on any atom is 0.0656 e. The second kappa shape index (κ2) is 3.19. The molecule has 0 saturated carbocycles. The van der Waals surface area contributed by atoms with Crippen LogP contribution in [0.2, 0.25) is 0 Å². The fourth-order valence-electron chi connectivity index (χ4n) is 1.99. The van der Waals surface area contributed by atoms with Crippen molar-refractivity contribution in [2.24, 2.45) is 5.92 Å². The summed E-state index contributed by atoms with van der Waals surface area (Å²) in [5.41, 5.74) is 1.60. The van der Waals surface area contributed by atoms with Crippen LogP contribution in [-0.4, -0.2) is 25.3 Å². The number of rotatable bonds is 1. The zero-order valence-corrected chi connectivity index (χ0v) is 7.84. The Labute approximate surface area is 74.0 Å². The van der Waals surface area contributed by atoms with Crippen molar-refractivity contribution in [3.8, 4) is 0 Å². The Kier molecular flexibility index (Phi) is 2.20. The van der Waals surface area contributed by atoms with Gasteiger partial charge in [0.05, 0.1) is 13.2 Å². The topological polar surface area (TPSA) is 21.3 Å². The largest absolute Gasteiger partial charge is 0.378 e. The number of hydrogen-bond donors (Lipinski definition) is 1.